The molecule has 1 radical (unpaired) electrons. The van der Waals surface area contributed by atoms with Gasteiger partial charge in [-0.3, -0.25) is 0 Å². The van der Waals surface area contributed by atoms with Crippen molar-refractivity contribution in [2.45, 2.75) is 76.7 Å². The Morgan fingerprint density at radius 3 is 2.43 bits per heavy atom. The van der Waals surface area contributed by atoms with Crippen molar-refractivity contribution in [2.75, 3.05) is 20.8 Å². The second-order valence-corrected chi connectivity index (χ2v) is 12.7. The lowest BCUT2D eigenvalue weighted by atomic mass is 9.80. The van der Waals surface area contributed by atoms with Gasteiger partial charge in [-0.15, -0.1) is 10.3 Å². The highest BCUT2D eigenvalue weighted by Crippen LogP contribution is 2.50. The van der Waals surface area contributed by atoms with E-state index in [1.807, 2.05) is 39.0 Å². The van der Waals surface area contributed by atoms with Crippen molar-refractivity contribution >= 4 is 11.7 Å². The first-order chi connectivity index (χ1) is 19.9. The zero-order chi connectivity index (χ0) is 30.1. The molecule has 0 spiro atoms. The lowest BCUT2D eigenvalue weighted by Gasteiger charge is -2.39. The molecule has 0 aliphatic carbocycles. The van der Waals surface area contributed by atoms with Crippen molar-refractivity contribution in [1.82, 2.24) is 5.06 Å². The molecule has 10 heteroatoms. The number of fused-ring (bicyclic) bond motifs is 6. The van der Waals surface area contributed by atoms with Gasteiger partial charge in [0.1, 0.15) is 41.8 Å². The summed E-state index contributed by atoms with van der Waals surface area (Å²) < 4.78 is 30.0. The Kier molecular flexibility index (Phi) is 6.69. The molecule has 0 N–H and O–H groups in total. The molecule has 0 bridgehead atoms. The third-order valence-electron chi connectivity index (χ3n) is 9.04. The smallest absolute Gasteiger partial charge is 0.340 e. The molecule has 4 aliphatic heterocycles. The molecule has 1 saturated heterocycles. The van der Waals surface area contributed by atoms with Gasteiger partial charge in [0.2, 0.25) is 0 Å². The molecular weight excluding hydrogens is 540 g/mol. The van der Waals surface area contributed by atoms with Crippen molar-refractivity contribution in [3.8, 4) is 28.7 Å². The minimum atomic E-state index is -0.943. The molecule has 4 heterocycles. The molecule has 0 saturated carbocycles. The summed E-state index contributed by atoms with van der Waals surface area (Å²) in [6, 6.07) is 7.41. The fourth-order valence-electron chi connectivity index (χ4n) is 6.75. The Bertz CT molecular complexity index is 1500. The number of oxime groups is 1. The fraction of sp³-hybridized carbons (Fsp3) is 0.500. The predicted octanol–water partition coefficient (Wildman–Crippen LogP) is 4.99. The number of carbonyl (C=O) groups excluding carboxylic acids is 1. The van der Waals surface area contributed by atoms with Crippen LogP contribution in [0, 0.1) is 5.92 Å². The highest BCUT2D eigenvalue weighted by atomic mass is 16.7. The number of benzene rings is 2. The topological polar surface area (TPSA) is 108 Å². The van der Waals surface area contributed by atoms with Gasteiger partial charge in [0.05, 0.1) is 31.6 Å². The van der Waals surface area contributed by atoms with Crippen molar-refractivity contribution in [3.05, 3.63) is 53.1 Å². The average Bonchev–Trinajstić information content (AvgIpc) is 3.48. The summed E-state index contributed by atoms with van der Waals surface area (Å²) in [4.78, 5) is 19.3. The van der Waals surface area contributed by atoms with Crippen LogP contribution in [0.4, 0.5) is 0 Å². The lowest BCUT2D eigenvalue weighted by Crippen LogP contribution is -2.47. The van der Waals surface area contributed by atoms with E-state index in [1.165, 1.54) is 0 Å². The lowest BCUT2D eigenvalue weighted by molar-refractivity contribution is -0.248. The van der Waals surface area contributed by atoms with E-state index in [0.717, 1.165) is 27.5 Å². The van der Waals surface area contributed by atoms with Crippen molar-refractivity contribution in [3.63, 3.8) is 0 Å². The van der Waals surface area contributed by atoms with Crippen LogP contribution in [0.3, 0.4) is 0 Å². The average molecular weight is 578 g/mol. The van der Waals surface area contributed by atoms with Crippen LogP contribution in [0.5, 0.6) is 28.7 Å². The van der Waals surface area contributed by atoms with Gasteiger partial charge in [0.25, 0.3) is 0 Å². The third-order valence-corrected chi connectivity index (χ3v) is 9.04. The zero-order valence-corrected chi connectivity index (χ0v) is 25.1. The molecule has 2 aromatic carbocycles. The number of hydrogen-bond donors (Lipinski definition) is 0. The number of methoxy groups -OCH3 is 2. The summed E-state index contributed by atoms with van der Waals surface area (Å²) in [7, 11) is 3.14. The fourth-order valence-corrected chi connectivity index (χ4v) is 6.75. The van der Waals surface area contributed by atoms with E-state index in [9.17, 15) is 10.0 Å². The second-order valence-electron chi connectivity index (χ2n) is 12.7. The van der Waals surface area contributed by atoms with Gasteiger partial charge in [-0.25, -0.2) is 4.79 Å². The Hall–Kier alpha value is -3.76. The monoisotopic (exact) mass is 577 g/mol. The zero-order valence-electron chi connectivity index (χ0n) is 25.1. The standard InChI is InChI=1S/C32H37N2O8/c1-16(2)22-12-19-21(40-22)10-9-17-28(33-42-30(35)20-14-31(3,4)34(36)32(20,5)6)27-18-11-24(37-7)25(38-8)13-23(18)39-15-26(27)41-29(17)19/h9-11,13,20,22,26-27H,1,12,14-15H2,2-8H3/b33-28-/t20?,22-,26-,27+/m1/s1. The maximum Gasteiger partial charge on any atom is 0.340 e. The molecule has 4 atom stereocenters. The van der Waals surface area contributed by atoms with Gasteiger partial charge in [0, 0.05) is 34.7 Å². The highest BCUT2D eigenvalue weighted by molar-refractivity contribution is 6.09. The SMILES string of the molecule is C=C(C)[C@H]1Cc2c(ccc3c2O[C@@H]2COc4cc(OC)c(OC)cc4[C@@H]2/C3=N\OC(=O)C2CC(C)(C)N([O])C2(C)C)O1. The molecule has 1 fully saturated rings. The first kappa shape index (κ1) is 28.4. The number of ether oxygens (including phenoxy) is 5. The van der Waals surface area contributed by atoms with E-state index in [4.69, 9.17) is 28.5 Å². The number of carbonyl (C=O) groups is 1. The van der Waals surface area contributed by atoms with Crippen LogP contribution in [-0.4, -0.2) is 60.9 Å². The van der Waals surface area contributed by atoms with Crippen molar-refractivity contribution in [1.29, 1.82) is 0 Å². The van der Waals surface area contributed by atoms with E-state index in [-0.39, 0.29) is 12.7 Å². The summed E-state index contributed by atoms with van der Waals surface area (Å²) in [5.74, 6) is 1.39. The maximum atomic E-state index is 13.5. The van der Waals surface area contributed by atoms with E-state index in [0.29, 0.717) is 47.1 Å². The first-order valence-electron chi connectivity index (χ1n) is 14.2. The molecule has 4 aliphatic rings. The minimum Gasteiger partial charge on any atom is -0.493 e. The largest absolute Gasteiger partial charge is 0.493 e. The highest BCUT2D eigenvalue weighted by Gasteiger charge is 2.56. The second kappa shape index (κ2) is 9.91. The van der Waals surface area contributed by atoms with Crippen LogP contribution in [0.25, 0.3) is 0 Å². The quantitative estimate of drug-likeness (QED) is 0.278. The van der Waals surface area contributed by atoms with Crippen LogP contribution in [0.1, 0.15) is 63.6 Å². The van der Waals surface area contributed by atoms with Gasteiger partial charge < -0.3 is 28.5 Å². The van der Waals surface area contributed by atoms with Crippen LogP contribution in [0.2, 0.25) is 0 Å². The maximum absolute atomic E-state index is 13.5. The molecular formula is C32H37N2O8. The number of hydrogen-bond acceptors (Lipinski definition) is 9. The number of rotatable bonds is 5. The summed E-state index contributed by atoms with van der Waals surface area (Å²) in [5.41, 5.74) is 2.19. The summed E-state index contributed by atoms with van der Waals surface area (Å²) in [5, 5.41) is 18.5. The molecule has 0 amide bonds. The molecule has 10 nitrogen and oxygen atoms in total. The third kappa shape index (κ3) is 4.31. The van der Waals surface area contributed by atoms with E-state index < -0.39 is 35.0 Å². The van der Waals surface area contributed by atoms with E-state index in [2.05, 4.69) is 11.7 Å². The molecule has 1 unspecified atom stereocenters. The number of hydroxylamine groups is 2. The van der Waals surface area contributed by atoms with E-state index in [1.54, 1.807) is 34.1 Å². The normalized spacial score (nSPS) is 27.4. The number of nitrogens with zero attached hydrogens (tertiary/aromatic N) is 2. The van der Waals surface area contributed by atoms with Crippen molar-refractivity contribution < 1.29 is 38.5 Å². The van der Waals surface area contributed by atoms with Crippen LogP contribution < -0.4 is 23.7 Å². The predicted molar refractivity (Wildman–Crippen MR) is 153 cm³/mol. The molecule has 223 valence electrons. The summed E-state index contributed by atoms with van der Waals surface area (Å²) in [6.07, 6.45) is 0.342. The van der Waals surface area contributed by atoms with Gasteiger partial charge in [-0.1, -0.05) is 11.7 Å². The Morgan fingerprint density at radius 2 is 1.79 bits per heavy atom. The van der Waals surface area contributed by atoms with Gasteiger partial charge >= 0.3 is 5.97 Å². The first-order valence-corrected chi connectivity index (χ1v) is 14.2. The molecule has 0 aromatic heterocycles. The molecule has 6 rings (SSSR count). The summed E-state index contributed by atoms with van der Waals surface area (Å²) in [6.45, 7) is 13.4. The Morgan fingerprint density at radius 1 is 1.07 bits per heavy atom. The van der Waals surface area contributed by atoms with Gasteiger partial charge in [-0.2, -0.15) is 0 Å². The van der Waals surface area contributed by atoms with Crippen LogP contribution in [0.15, 0.2) is 41.6 Å². The summed E-state index contributed by atoms with van der Waals surface area (Å²) >= 11 is 0. The Balaban J connectivity index is 1.45. The van der Waals surface area contributed by atoms with Gasteiger partial charge in [-0.05, 0) is 64.8 Å². The van der Waals surface area contributed by atoms with Crippen LogP contribution >= 0.6 is 0 Å². The van der Waals surface area contributed by atoms with Crippen LogP contribution in [-0.2, 0) is 21.3 Å². The van der Waals surface area contributed by atoms with Crippen molar-refractivity contribution in [2.24, 2.45) is 11.1 Å². The minimum absolute atomic E-state index is 0.158. The molecule has 42 heavy (non-hydrogen) atoms. The van der Waals surface area contributed by atoms with E-state index >= 15 is 0 Å². The van der Waals surface area contributed by atoms with Gasteiger partial charge in [0.15, 0.2) is 11.5 Å². The Labute approximate surface area is 245 Å². The molecule has 2 aromatic rings.